The van der Waals surface area contributed by atoms with Gasteiger partial charge in [-0.3, -0.25) is 0 Å². The van der Waals surface area contributed by atoms with Crippen molar-refractivity contribution in [3.8, 4) is 0 Å². The van der Waals surface area contributed by atoms with Gasteiger partial charge in [-0.05, 0) is 26.3 Å². The van der Waals surface area contributed by atoms with Crippen molar-refractivity contribution in [3.05, 3.63) is 18.0 Å². The van der Waals surface area contributed by atoms with Crippen molar-refractivity contribution in [2.24, 2.45) is 0 Å². The zero-order chi connectivity index (χ0) is 14.6. The summed E-state index contributed by atoms with van der Waals surface area (Å²) in [5, 5.41) is 0. The fourth-order valence-electron chi connectivity index (χ4n) is 1.56. The van der Waals surface area contributed by atoms with Crippen molar-refractivity contribution < 1.29 is 17.9 Å². The molecular formula is C12H18ClNO4S. The zero-order valence-electron chi connectivity index (χ0n) is 11.2. The highest BCUT2D eigenvalue weighted by molar-refractivity contribution is 8.13. The lowest BCUT2D eigenvalue weighted by atomic mass is 10.3. The Balaban J connectivity index is 3.05. The summed E-state index contributed by atoms with van der Waals surface area (Å²) in [6.45, 7) is 5.99. The molecule has 0 radical (unpaired) electrons. The Bertz CT molecular complexity index is 548. The molecule has 1 aromatic heterocycles. The minimum atomic E-state index is -3.85. The zero-order valence-corrected chi connectivity index (χ0v) is 12.8. The quantitative estimate of drug-likeness (QED) is 0.460. The van der Waals surface area contributed by atoms with E-state index < -0.39 is 15.0 Å². The van der Waals surface area contributed by atoms with E-state index >= 15 is 0 Å². The van der Waals surface area contributed by atoms with E-state index in [1.807, 2.05) is 20.8 Å². The molecule has 7 heteroatoms. The molecule has 0 aliphatic carbocycles. The van der Waals surface area contributed by atoms with Crippen LogP contribution in [-0.2, 0) is 13.8 Å². The highest BCUT2D eigenvalue weighted by Gasteiger charge is 2.22. The number of unbranched alkanes of at least 4 members (excludes halogenated alkanes) is 1. The molecule has 0 aromatic carbocycles. The Morgan fingerprint density at radius 3 is 2.58 bits per heavy atom. The SMILES string of the molecule is CCCCOC(=O)c1cc(S(=O)(=O)Cl)cn1C(C)C. The van der Waals surface area contributed by atoms with Gasteiger partial charge in [0.05, 0.1) is 6.61 Å². The highest BCUT2D eigenvalue weighted by atomic mass is 35.7. The summed E-state index contributed by atoms with van der Waals surface area (Å²) < 4.78 is 29.2. The van der Waals surface area contributed by atoms with E-state index in [-0.39, 0.29) is 16.6 Å². The van der Waals surface area contributed by atoms with Crippen molar-refractivity contribution in [1.29, 1.82) is 0 Å². The van der Waals surface area contributed by atoms with Gasteiger partial charge < -0.3 is 9.30 Å². The molecule has 0 aliphatic rings. The summed E-state index contributed by atoms with van der Waals surface area (Å²) in [4.78, 5) is 11.8. The van der Waals surface area contributed by atoms with Crippen LogP contribution in [0.1, 0.15) is 50.1 Å². The van der Waals surface area contributed by atoms with Crippen molar-refractivity contribution in [2.45, 2.75) is 44.6 Å². The first-order valence-corrected chi connectivity index (χ1v) is 8.42. The maximum absolute atomic E-state index is 11.9. The third-order valence-electron chi connectivity index (χ3n) is 2.60. The minimum Gasteiger partial charge on any atom is -0.461 e. The van der Waals surface area contributed by atoms with E-state index in [4.69, 9.17) is 15.4 Å². The van der Waals surface area contributed by atoms with Crippen LogP contribution in [0.4, 0.5) is 0 Å². The molecule has 0 atom stereocenters. The summed E-state index contributed by atoms with van der Waals surface area (Å²) in [6, 6.07) is 1.18. The first-order valence-electron chi connectivity index (χ1n) is 6.11. The normalized spacial score (nSPS) is 11.8. The van der Waals surface area contributed by atoms with Crippen molar-refractivity contribution in [1.82, 2.24) is 4.57 Å². The van der Waals surface area contributed by atoms with Crippen LogP contribution in [-0.4, -0.2) is 25.6 Å². The molecule has 1 aromatic rings. The summed E-state index contributed by atoms with van der Waals surface area (Å²) in [5.74, 6) is -0.534. The van der Waals surface area contributed by atoms with E-state index in [0.717, 1.165) is 12.8 Å². The minimum absolute atomic E-state index is 0.0686. The first kappa shape index (κ1) is 16.0. The van der Waals surface area contributed by atoms with Gasteiger partial charge in [-0.2, -0.15) is 0 Å². The van der Waals surface area contributed by atoms with Crippen LogP contribution in [0, 0.1) is 0 Å². The number of aromatic nitrogens is 1. The monoisotopic (exact) mass is 307 g/mol. The van der Waals surface area contributed by atoms with E-state index in [9.17, 15) is 13.2 Å². The Hall–Kier alpha value is -1.01. The number of halogens is 1. The molecule has 5 nitrogen and oxygen atoms in total. The number of nitrogens with zero attached hydrogens (tertiary/aromatic N) is 1. The van der Waals surface area contributed by atoms with Crippen LogP contribution >= 0.6 is 10.7 Å². The van der Waals surface area contributed by atoms with Gasteiger partial charge in [0.25, 0.3) is 9.05 Å². The number of hydrogen-bond acceptors (Lipinski definition) is 4. The van der Waals surface area contributed by atoms with Crippen molar-refractivity contribution in [2.75, 3.05) is 6.61 Å². The smallest absolute Gasteiger partial charge is 0.354 e. The van der Waals surface area contributed by atoms with Crippen molar-refractivity contribution >= 4 is 25.7 Å². The molecule has 19 heavy (non-hydrogen) atoms. The van der Waals surface area contributed by atoms with Crippen LogP contribution < -0.4 is 0 Å². The van der Waals surface area contributed by atoms with Gasteiger partial charge in [0.1, 0.15) is 10.6 Å². The van der Waals surface area contributed by atoms with Gasteiger partial charge in [0, 0.05) is 22.9 Å². The molecule has 0 bridgehead atoms. The van der Waals surface area contributed by atoms with Crippen LogP contribution in [0.25, 0.3) is 0 Å². The number of rotatable bonds is 6. The Kier molecular flexibility index (Phi) is 5.43. The molecule has 0 saturated carbocycles. The average molecular weight is 308 g/mol. The predicted octanol–water partition coefficient (Wildman–Crippen LogP) is 2.95. The lowest BCUT2D eigenvalue weighted by Crippen LogP contribution is -2.13. The number of carbonyl (C=O) groups is 1. The maximum Gasteiger partial charge on any atom is 0.354 e. The van der Waals surface area contributed by atoms with Crippen LogP contribution in [0.2, 0.25) is 0 Å². The van der Waals surface area contributed by atoms with Gasteiger partial charge in [-0.1, -0.05) is 13.3 Å². The Labute approximate surface area is 117 Å². The van der Waals surface area contributed by atoms with Crippen LogP contribution in [0.5, 0.6) is 0 Å². The fraction of sp³-hybridized carbons (Fsp3) is 0.583. The van der Waals surface area contributed by atoms with Gasteiger partial charge in [-0.15, -0.1) is 0 Å². The number of esters is 1. The summed E-state index contributed by atoms with van der Waals surface area (Å²) in [6.07, 6.45) is 3.04. The molecule has 0 saturated heterocycles. The highest BCUT2D eigenvalue weighted by Crippen LogP contribution is 2.22. The van der Waals surface area contributed by atoms with E-state index in [2.05, 4.69) is 0 Å². The van der Waals surface area contributed by atoms with Crippen LogP contribution in [0.15, 0.2) is 17.2 Å². The molecule has 0 amide bonds. The lowest BCUT2D eigenvalue weighted by Gasteiger charge is -2.11. The molecule has 1 rings (SSSR count). The topological polar surface area (TPSA) is 65.4 Å². The van der Waals surface area contributed by atoms with Crippen LogP contribution in [0.3, 0.4) is 0 Å². The molecule has 0 unspecified atom stereocenters. The second kappa shape index (κ2) is 6.43. The molecule has 0 N–H and O–H groups in total. The third-order valence-corrected chi connectivity index (χ3v) is 3.92. The number of carbonyl (C=O) groups excluding carboxylic acids is 1. The molecular weight excluding hydrogens is 290 g/mol. The number of hydrogen-bond donors (Lipinski definition) is 0. The summed E-state index contributed by atoms with van der Waals surface area (Å²) in [5.41, 5.74) is 0.199. The average Bonchev–Trinajstić information content (AvgIpc) is 2.73. The standard InChI is InChI=1S/C12H18ClNO4S/c1-4-5-6-18-12(15)11-7-10(19(13,16)17)8-14(11)9(2)3/h7-9H,4-6H2,1-3H3. The van der Waals surface area contributed by atoms with Crippen molar-refractivity contribution in [3.63, 3.8) is 0 Å². The van der Waals surface area contributed by atoms with Gasteiger partial charge in [0.15, 0.2) is 0 Å². The molecule has 0 fully saturated rings. The number of ether oxygens (including phenoxy) is 1. The molecule has 1 heterocycles. The lowest BCUT2D eigenvalue weighted by molar-refractivity contribution is 0.0485. The fourth-order valence-corrected chi connectivity index (χ4v) is 2.31. The van der Waals surface area contributed by atoms with E-state index in [1.165, 1.54) is 12.3 Å². The van der Waals surface area contributed by atoms with E-state index in [0.29, 0.717) is 6.61 Å². The third kappa shape index (κ3) is 4.24. The summed E-state index contributed by atoms with van der Waals surface area (Å²) >= 11 is 0. The van der Waals surface area contributed by atoms with Gasteiger partial charge in [-0.25, -0.2) is 13.2 Å². The largest absolute Gasteiger partial charge is 0.461 e. The Morgan fingerprint density at radius 1 is 1.47 bits per heavy atom. The van der Waals surface area contributed by atoms with E-state index in [1.54, 1.807) is 4.57 Å². The Morgan fingerprint density at radius 2 is 2.11 bits per heavy atom. The van der Waals surface area contributed by atoms with Gasteiger partial charge in [0.2, 0.25) is 0 Å². The second-order valence-corrected chi connectivity index (χ2v) is 7.06. The predicted molar refractivity (Wildman–Crippen MR) is 73.0 cm³/mol. The maximum atomic E-state index is 11.9. The first-order chi connectivity index (χ1) is 8.77. The van der Waals surface area contributed by atoms with Gasteiger partial charge >= 0.3 is 5.97 Å². The summed E-state index contributed by atoms with van der Waals surface area (Å²) in [7, 11) is 1.43. The molecule has 108 valence electrons. The second-order valence-electron chi connectivity index (χ2n) is 4.49. The molecule has 0 aliphatic heterocycles. The molecule has 0 spiro atoms.